The first-order chi connectivity index (χ1) is 15.2. The highest BCUT2D eigenvalue weighted by Crippen LogP contribution is 2.19. The first kappa shape index (κ1) is 25.5. The molecule has 0 unspecified atom stereocenters. The van der Waals surface area contributed by atoms with Crippen molar-refractivity contribution in [3.05, 3.63) is 60.2 Å². The molecule has 8 heteroatoms. The van der Waals surface area contributed by atoms with Crippen molar-refractivity contribution in [2.24, 2.45) is 0 Å². The molecule has 0 heterocycles. The minimum Gasteiger partial charge on any atom is -0.497 e. The van der Waals surface area contributed by atoms with Gasteiger partial charge in [0.25, 0.3) is 0 Å². The largest absolute Gasteiger partial charge is 0.497 e. The van der Waals surface area contributed by atoms with Gasteiger partial charge in [0, 0.05) is 0 Å². The maximum Gasteiger partial charge on any atom is 0.408 e. The molecule has 1 amide bonds. The Morgan fingerprint density at radius 3 is 2.22 bits per heavy atom. The maximum absolute atomic E-state index is 12.4. The van der Waals surface area contributed by atoms with E-state index in [0.29, 0.717) is 11.5 Å². The van der Waals surface area contributed by atoms with Crippen LogP contribution in [-0.4, -0.2) is 60.5 Å². The van der Waals surface area contributed by atoms with E-state index >= 15 is 0 Å². The van der Waals surface area contributed by atoms with E-state index in [2.05, 4.69) is 5.32 Å². The summed E-state index contributed by atoms with van der Waals surface area (Å²) in [5.41, 5.74) is 0.177. The molecule has 0 fully saturated rings. The summed E-state index contributed by atoms with van der Waals surface area (Å²) in [4.78, 5) is 12.4. The number of nitrogens with one attached hydrogen (secondary N) is 1. The van der Waals surface area contributed by atoms with Crippen LogP contribution in [0.3, 0.4) is 0 Å². The van der Waals surface area contributed by atoms with Gasteiger partial charge in [-0.2, -0.15) is 0 Å². The molecule has 8 nitrogen and oxygen atoms in total. The second-order valence-electron chi connectivity index (χ2n) is 8.25. The van der Waals surface area contributed by atoms with Crippen LogP contribution in [0.2, 0.25) is 0 Å². The summed E-state index contributed by atoms with van der Waals surface area (Å²) in [5.74, 6) is 1.22. The van der Waals surface area contributed by atoms with Crippen molar-refractivity contribution in [2.75, 3.05) is 20.3 Å². The van der Waals surface area contributed by atoms with E-state index in [9.17, 15) is 15.0 Å². The highest BCUT2D eigenvalue weighted by Gasteiger charge is 2.32. The van der Waals surface area contributed by atoms with E-state index in [1.165, 1.54) is 0 Å². The van der Waals surface area contributed by atoms with Crippen LogP contribution in [0.25, 0.3) is 0 Å². The third-order valence-corrected chi connectivity index (χ3v) is 4.44. The molecule has 0 aliphatic carbocycles. The number of amides is 1. The van der Waals surface area contributed by atoms with Gasteiger partial charge in [-0.05, 0) is 50.6 Å². The van der Waals surface area contributed by atoms with Crippen molar-refractivity contribution in [3.63, 3.8) is 0 Å². The maximum atomic E-state index is 12.4. The molecule has 2 aromatic rings. The van der Waals surface area contributed by atoms with Crippen molar-refractivity contribution in [3.8, 4) is 11.5 Å². The van der Waals surface area contributed by atoms with Gasteiger partial charge in [0.15, 0.2) is 0 Å². The number of aliphatic hydroxyl groups is 2. The molecule has 0 bridgehead atoms. The highest BCUT2D eigenvalue weighted by atomic mass is 16.6. The summed E-state index contributed by atoms with van der Waals surface area (Å²) >= 11 is 0. The molecule has 0 spiro atoms. The Bertz CT molecular complexity index is 805. The van der Waals surface area contributed by atoms with Crippen molar-refractivity contribution in [2.45, 2.75) is 51.2 Å². The Morgan fingerprint density at radius 2 is 1.66 bits per heavy atom. The minimum atomic E-state index is -1.25. The van der Waals surface area contributed by atoms with Crippen molar-refractivity contribution in [1.82, 2.24) is 5.32 Å². The standard InChI is InChI=1S/C24H33NO7/c1-24(2,3)32-23(28)25-20(16-30-19-12-10-18(29-4)11-13-19)22(21(27)14-26)31-15-17-8-6-5-7-9-17/h5-13,20-22,26-27H,14-16H2,1-4H3,(H,25,28)/t20-,21+,22-/m0/s1. The number of benzene rings is 2. The summed E-state index contributed by atoms with van der Waals surface area (Å²) < 4.78 is 22.2. The van der Waals surface area contributed by atoms with E-state index in [4.69, 9.17) is 18.9 Å². The highest BCUT2D eigenvalue weighted by molar-refractivity contribution is 5.68. The number of carbonyl (C=O) groups is 1. The van der Waals surface area contributed by atoms with E-state index in [1.807, 2.05) is 30.3 Å². The molecule has 176 valence electrons. The molecule has 2 aromatic carbocycles. The molecule has 0 aliphatic heterocycles. The quantitative estimate of drug-likeness (QED) is 0.486. The number of aliphatic hydroxyl groups excluding tert-OH is 2. The number of carbonyl (C=O) groups excluding carboxylic acids is 1. The van der Waals surface area contributed by atoms with Gasteiger partial charge in [-0.25, -0.2) is 4.79 Å². The summed E-state index contributed by atoms with van der Waals surface area (Å²) in [6, 6.07) is 15.5. The lowest BCUT2D eigenvalue weighted by Crippen LogP contribution is -2.54. The number of hydrogen-bond donors (Lipinski definition) is 3. The molecule has 3 N–H and O–H groups in total. The summed E-state index contributed by atoms with van der Waals surface area (Å²) in [7, 11) is 1.57. The monoisotopic (exact) mass is 447 g/mol. The fourth-order valence-corrected chi connectivity index (χ4v) is 2.90. The fraction of sp³-hybridized carbons (Fsp3) is 0.458. The summed E-state index contributed by atoms with van der Waals surface area (Å²) in [5, 5.41) is 22.7. The van der Waals surface area contributed by atoms with E-state index in [0.717, 1.165) is 5.56 Å². The summed E-state index contributed by atoms with van der Waals surface area (Å²) in [6.45, 7) is 4.86. The first-order valence-corrected chi connectivity index (χ1v) is 10.4. The second kappa shape index (κ2) is 12.3. The lowest BCUT2D eigenvalue weighted by Gasteiger charge is -2.31. The van der Waals surface area contributed by atoms with Gasteiger partial charge < -0.3 is 34.5 Å². The van der Waals surface area contributed by atoms with Crippen LogP contribution in [0, 0.1) is 0 Å². The van der Waals surface area contributed by atoms with Crippen molar-refractivity contribution in [1.29, 1.82) is 0 Å². The zero-order valence-electron chi connectivity index (χ0n) is 19.0. The topological polar surface area (TPSA) is 106 Å². The lowest BCUT2D eigenvalue weighted by atomic mass is 10.1. The zero-order chi connectivity index (χ0) is 23.6. The van der Waals surface area contributed by atoms with Gasteiger partial charge in [0.2, 0.25) is 0 Å². The average molecular weight is 448 g/mol. The molecule has 0 saturated carbocycles. The van der Waals surface area contributed by atoms with Gasteiger partial charge in [0.1, 0.15) is 35.9 Å². The number of ether oxygens (including phenoxy) is 4. The lowest BCUT2D eigenvalue weighted by molar-refractivity contribution is -0.0870. The Balaban J connectivity index is 2.16. The normalized spacial score (nSPS) is 14.2. The van der Waals surface area contributed by atoms with Gasteiger partial charge in [-0.1, -0.05) is 30.3 Å². The molecular formula is C24H33NO7. The predicted molar refractivity (Wildman–Crippen MR) is 120 cm³/mol. The van der Waals surface area contributed by atoms with Gasteiger partial charge in [-0.15, -0.1) is 0 Å². The Morgan fingerprint density at radius 1 is 1.03 bits per heavy atom. The van der Waals surface area contributed by atoms with Crippen molar-refractivity contribution < 1.29 is 34.0 Å². The molecule has 2 rings (SSSR count). The van der Waals surface area contributed by atoms with Crippen LogP contribution in [-0.2, 0) is 16.1 Å². The third-order valence-electron chi connectivity index (χ3n) is 4.44. The van der Waals surface area contributed by atoms with Gasteiger partial charge >= 0.3 is 6.09 Å². The molecule has 32 heavy (non-hydrogen) atoms. The molecule has 0 aliphatic rings. The first-order valence-electron chi connectivity index (χ1n) is 10.4. The van der Waals surface area contributed by atoms with Crippen LogP contribution in [0.5, 0.6) is 11.5 Å². The second-order valence-corrected chi connectivity index (χ2v) is 8.25. The van der Waals surface area contributed by atoms with Crippen molar-refractivity contribution >= 4 is 6.09 Å². The van der Waals surface area contributed by atoms with Crippen LogP contribution >= 0.6 is 0 Å². The predicted octanol–water partition coefficient (Wildman–Crippen LogP) is 2.91. The number of rotatable bonds is 11. The minimum absolute atomic E-state index is 0.0257. The fourth-order valence-electron chi connectivity index (χ4n) is 2.90. The SMILES string of the molecule is COc1ccc(OC[C@H](NC(=O)OC(C)(C)C)[C@H](OCc2ccccc2)[C@H](O)CO)cc1. The van der Waals surface area contributed by atoms with E-state index in [-0.39, 0.29) is 13.2 Å². The molecular weight excluding hydrogens is 414 g/mol. The van der Waals surface area contributed by atoms with E-state index in [1.54, 1.807) is 52.1 Å². The van der Waals surface area contributed by atoms with Crippen LogP contribution < -0.4 is 14.8 Å². The average Bonchev–Trinajstić information content (AvgIpc) is 2.76. The zero-order valence-corrected chi connectivity index (χ0v) is 19.0. The molecule has 0 aromatic heterocycles. The number of hydrogen-bond acceptors (Lipinski definition) is 7. The Labute approximate surface area is 189 Å². The van der Waals surface area contributed by atoms with Gasteiger partial charge in [0.05, 0.1) is 26.4 Å². The number of methoxy groups -OCH3 is 1. The van der Waals surface area contributed by atoms with Crippen LogP contribution in [0.4, 0.5) is 4.79 Å². The van der Waals surface area contributed by atoms with Gasteiger partial charge in [-0.3, -0.25) is 0 Å². The van der Waals surface area contributed by atoms with E-state index < -0.39 is 36.6 Å². The number of alkyl carbamates (subject to hydrolysis) is 1. The molecule has 0 radical (unpaired) electrons. The van der Waals surface area contributed by atoms with Crippen LogP contribution in [0.1, 0.15) is 26.3 Å². The van der Waals surface area contributed by atoms with Crippen LogP contribution in [0.15, 0.2) is 54.6 Å². The third kappa shape index (κ3) is 8.74. The Kier molecular flexibility index (Phi) is 9.77. The molecule has 3 atom stereocenters. The molecule has 0 saturated heterocycles. The Hall–Kier alpha value is -2.81. The smallest absolute Gasteiger partial charge is 0.408 e. The summed E-state index contributed by atoms with van der Waals surface area (Å²) in [6.07, 6.45) is -2.89.